The average molecular weight is 221 g/mol. The first-order valence-corrected chi connectivity index (χ1v) is 5.78. The molecule has 80 valence electrons. The van der Waals surface area contributed by atoms with E-state index >= 15 is 0 Å². The molecule has 1 fully saturated rings. The number of carbonyl (C=O) groups is 1. The minimum atomic E-state index is -0.0127. The lowest BCUT2D eigenvalue weighted by atomic mass is 10.2. The lowest BCUT2D eigenvalue weighted by Gasteiger charge is -2.06. The number of nitrogens with one attached hydrogen (secondary N) is 1. The topological polar surface area (TPSA) is 29.1 Å². The number of thiol groups is 1. The van der Waals surface area contributed by atoms with Crippen molar-refractivity contribution in [1.29, 1.82) is 0 Å². The molecule has 0 saturated heterocycles. The van der Waals surface area contributed by atoms with E-state index in [-0.39, 0.29) is 5.91 Å². The van der Waals surface area contributed by atoms with E-state index in [2.05, 4.69) is 17.9 Å². The maximum Gasteiger partial charge on any atom is 0.252 e. The molecule has 15 heavy (non-hydrogen) atoms. The van der Waals surface area contributed by atoms with Gasteiger partial charge in [-0.3, -0.25) is 4.79 Å². The smallest absolute Gasteiger partial charge is 0.252 e. The Bertz CT molecular complexity index is 360. The fourth-order valence-electron chi connectivity index (χ4n) is 1.56. The van der Waals surface area contributed by atoms with Gasteiger partial charge in [0.1, 0.15) is 0 Å². The third kappa shape index (κ3) is 2.99. The van der Waals surface area contributed by atoms with Crippen LogP contribution in [0.25, 0.3) is 0 Å². The van der Waals surface area contributed by atoms with Gasteiger partial charge >= 0.3 is 0 Å². The molecule has 0 aliphatic heterocycles. The highest BCUT2D eigenvalue weighted by Crippen LogP contribution is 2.31. The zero-order valence-electron chi connectivity index (χ0n) is 8.57. The van der Waals surface area contributed by atoms with Crippen LogP contribution < -0.4 is 5.32 Å². The molecule has 0 radical (unpaired) electrons. The zero-order valence-corrected chi connectivity index (χ0v) is 9.47. The summed E-state index contributed by atoms with van der Waals surface area (Å²) in [5, 5.41) is 2.92. The lowest BCUT2D eigenvalue weighted by molar-refractivity contribution is 0.0950. The third-order valence-electron chi connectivity index (χ3n) is 2.68. The van der Waals surface area contributed by atoms with E-state index in [1.54, 1.807) is 6.07 Å². The minimum absolute atomic E-state index is 0.0127. The molecule has 1 amide bonds. The number of rotatable bonds is 4. The molecular weight excluding hydrogens is 206 g/mol. The van der Waals surface area contributed by atoms with E-state index in [0.717, 1.165) is 23.8 Å². The van der Waals surface area contributed by atoms with E-state index < -0.39 is 0 Å². The predicted molar refractivity (Wildman–Crippen MR) is 63.4 cm³/mol. The predicted octanol–water partition coefficient (Wildman–Crippen LogP) is 2.51. The summed E-state index contributed by atoms with van der Waals surface area (Å²) in [7, 11) is 0. The van der Waals surface area contributed by atoms with Crippen molar-refractivity contribution in [3.05, 3.63) is 29.8 Å². The molecule has 0 spiro atoms. The van der Waals surface area contributed by atoms with Crippen molar-refractivity contribution in [2.45, 2.75) is 24.2 Å². The number of hydrogen-bond donors (Lipinski definition) is 2. The summed E-state index contributed by atoms with van der Waals surface area (Å²) < 4.78 is 0. The van der Waals surface area contributed by atoms with E-state index in [4.69, 9.17) is 0 Å². The van der Waals surface area contributed by atoms with Crippen LogP contribution in [0, 0.1) is 5.92 Å². The molecule has 1 aliphatic carbocycles. The fourth-order valence-corrected chi connectivity index (χ4v) is 1.82. The number of amides is 1. The molecule has 1 N–H and O–H groups in total. The number of hydrogen-bond acceptors (Lipinski definition) is 2. The first-order chi connectivity index (χ1) is 7.27. The second-order valence-corrected chi connectivity index (χ2v) is 4.49. The SMILES string of the molecule is O=C(NCCC1CC1)c1ccccc1S. The van der Waals surface area contributed by atoms with Crippen molar-refractivity contribution < 1.29 is 4.79 Å². The van der Waals surface area contributed by atoms with E-state index in [9.17, 15) is 4.79 Å². The highest BCUT2D eigenvalue weighted by molar-refractivity contribution is 7.80. The monoisotopic (exact) mass is 221 g/mol. The quantitative estimate of drug-likeness (QED) is 0.752. The Balaban J connectivity index is 1.86. The van der Waals surface area contributed by atoms with E-state index in [1.165, 1.54) is 12.8 Å². The molecule has 1 aliphatic rings. The van der Waals surface area contributed by atoms with Crippen LogP contribution >= 0.6 is 12.6 Å². The molecule has 1 saturated carbocycles. The van der Waals surface area contributed by atoms with Gasteiger partial charge in [0.25, 0.3) is 5.91 Å². The molecule has 1 aromatic carbocycles. The van der Waals surface area contributed by atoms with Gasteiger partial charge in [0, 0.05) is 11.4 Å². The summed E-state index contributed by atoms with van der Waals surface area (Å²) in [6.07, 6.45) is 3.78. The Morgan fingerprint density at radius 1 is 1.40 bits per heavy atom. The molecular formula is C12H15NOS. The molecule has 2 rings (SSSR count). The standard InChI is InChI=1S/C12H15NOS/c14-12(13-8-7-9-5-6-9)10-3-1-2-4-11(10)15/h1-4,9,15H,5-8H2,(H,13,14). The highest BCUT2D eigenvalue weighted by atomic mass is 32.1. The van der Waals surface area contributed by atoms with Gasteiger partial charge < -0.3 is 5.32 Å². The van der Waals surface area contributed by atoms with Crippen LogP contribution in [-0.2, 0) is 0 Å². The van der Waals surface area contributed by atoms with Crippen LogP contribution in [0.15, 0.2) is 29.2 Å². The van der Waals surface area contributed by atoms with Gasteiger partial charge in [0.05, 0.1) is 5.56 Å². The molecule has 0 atom stereocenters. The first-order valence-electron chi connectivity index (χ1n) is 5.33. The van der Waals surface area contributed by atoms with Gasteiger partial charge in [0.15, 0.2) is 0 Å². The van der Waals surface area contributed by atoms with Crippen molar-refractivity contribution in [3.63, 3.8) is 0 Å². The second-order valence-electron chi connectivity index (χ2n) is 4.01. The maximum atomic E-state index is 11.7. The summed E-state index contributed by atoms with van der Waals surface area (Å²) >= 11 is 4.25. The van der Waals surface area contributed by atoms with Gasteiger partial charge in [-0.05, 0) is 24.5 Å². The molecule has 0 unspecified atom stereocenters. The largest absolute Gasteiger partial charge is 0.352 e. The Morgan fingerprint density at radius 2 is 2.13 bits per heavy atom. The van der Waals surface area contributed by atoms with Gasteiger partial charge in [-0.25, -0.2) is 0 Å². The first kappa shape index (κ1) is 10.6. The minimum Gasteiger partial charge on any atom is -0.352 e. The third-order valence-corrected chi connectivity index (χ3v) is 3.07. The van der Waals surface area contributed by atoms with Crippen LogP contribution in [0.4, 0.5) is 0 Å². The van der Waals surface area contributed by atoms with Crippen molar-refractivity contribution >= 4 is 18.5 Å². The Labute approximate surface area is 95.5 Å². The summed E-state index contributed by atoms with van der Waals surface area (Å²) in [6, 6.07) is 7.37. The van der Waals surface area contributed by atoms with Gasteiger partial charge in [-0.2, -0.15) is 0 Å². The summed E-state index contributed by atoms with van der Waals surface area (Å²) in [5.41, 5.74) is 0.664. The fraction of sp³-hybridized carbons (Fsp3) is 0.417. The Hall–Kier alpha value is -0.960. The van der Waals surface area contributed by atoms with Crippen LogP contribution in [0.3, 0.4) is 0 Å². The van der Waals surface area contributed by atoms with Crippen LogP contribution in [0.5, 0.6) is 0 Å². The summed E-state index contributed by atoms with van der Waals surface area (Å²) in [6.45, 7) is 0.783. The normalized spacial score (nSPS) is 15.0. The number of carbonyl (C=O) groups excluding carboxylic acids is 1. The van der Waals surface area contributed by atoms with Gasteiger partial charge in [-0.15, -0.1) is 12.6 Å². The van der Waals surface area contributed by atoms with Crippen molar-refractivity contribution in [2.75, 3.05) is 6.54 Å². The Morgan fingerprint density at radius 3 is 2.80 bits per heavy atom. The molecule has 3 heteroatoms. The van der Waals surface area contributed by atoms with Crippen LogP contribution in [0.1, 0.15) is 29.6 Å². The maximum absolute atomic E-state index is 11.7. The highest BCUT2D eigenvalue weighted by Gasteiger charge is 2.20. The van der Waals surface area contributed by atoms with Crippen LogP contribution in [-0.4, -0.2) is 12.5 Å². The molecule has 0 heterocycles. The molecule has 0 aromatic heterocycles. The average Bonchev–Trinajstić information content (AvgIpc) is 3.02. The molecule has 2 nitrogen and oxygen atoms in total. The van der Waals surface area contributed by atoms with Gasteiger partial charge in [0.2, 0.25) is 0 Å². The van der Waals surface area contributed by atoms with Crippen LogP contribution in [0.2, 0.25) is 0 Å². The van der Waals surface area contributed by atoms with E-state index in [0.29, 0.717) is 5.56 Å². The second kappa shape index (κ2) is 4.71. The Kier molecular flexibility index (Phi) is 3.31. The lowest BCUT2D eigenvalue weighted by Crippen LogP contribution is -2.25. The van der Waals surface area contributed by atoms with Crippen molar-refractivity contribution in [3.8, 4) is 0 Å². The van der Waals surface area contributed by atoms with Gasteiger partial charge in [-0.1, -0.05) is 25.0 Å². The zero-order chi connectivity index (χ0) is 10.7. The summed E-state index contributed by atoms with van der Waals surface area (Å²) in [5.74, 6) is 0.845. The summed E-state index contributed by atoms with van der Waals surface area (Å²) in [4.78, 5) is 12.4. The van der Waals surface area contributed by atoms with E-state index in [1.807, 2.05) is 18.2 Å². The number of benzene rings is 1. The molecule has 0 bridgehead atoms. The van der Waals surface area contributed by atoms with Crippen molar-refractivity contribution in [1.82, 2.24) is 5.32 Å². The van der Waals surface area contributed by atoms with Crippen molar-refractivity contribution in [2.24, 2.45) is 5.92 Å². The molecule has 1 aromatic rings.